The molecule has 3 heterocycles. The lowest BCUT2D eigenvalue weighted by atomic mass is 10.0. The largest absolute Gasteiger partial charge is 0.349 e. The summed E-state index contributed by atoms with van der Waals surface area (Å²) in [5.74, 6) is -0.142. The summed E-state index contributed by atoms with van der Waals surface area (Å²) in [6.45, 7) is 6.53. The van der Waals surface area contributed by atoms with Gasteiger partial charge in [0.15, 0.2) is 0 Å². The highest BCUT2D eigenvalue weighted by atomic mass is 32.1. The van der Waals surface area contributed by atoms with Gasteiger partial charge in [0.2, 0.25) is 0 Å². The Morgan fingerprint density at radius 3 is 2.64 bits per heavy atom. The molecule has 1 saturated heterocycles. The van der Waals surface area contributed by atoms with Crippen LogP contribution in [0.5, 0.6) is 0 Å². The third kappa shape index (κ3) is 3.59. The molecule has 1 aromatic carbocycles. The fourth-order valence-electron chi connectivity index (χ4n) is 3.86. The number of aryl methyl sites for hydroxylation is 2. The predicted octanol–water partition coefficient (Wildman–Crippen LogP) is 3.17. The van der Waals surface area contributed by atoms with Crippen molar-refractivity contribution in [2.75, 3.05) is 19.6 Å². The van der Waals surface area contributed by atoms with Gasteiger partial charge in [-0.25, -0.2) is 4.98 Å². The average molecular weight is 397 g/mol. The van der Waals surface area contributed by atoms with Gasteiger partial charge in [-0.05, 0) is 50.9 Å². The van der Waals surface area contributed by atoms with Gasteiger partial charge in [0.25, 0.3) is 11.5 Å². The molecule has 28 heavy (non-hydrogen) atoms. The predicted molar refractivity (Wildman–Crippen MR) is 112 cm³/mol. The maximum Gasteiger partial charge on any atom is 0.261 e. The summed E-state index contributed by atoms with van der Waals surface area (Å²) in [4.78, 5) is 35.3. The molecule has 2 N–H and O–H groups in total. The van der Waals surface area contributed by atoms with Gasteiger partial charge < -0.3 is 10.3 Å². The van der Waals surface area contributed by atoms with Crippen LogP contribution in [0.4, 0.5) is 0 Å². The number of amides is 1. The average Bonchev–Trinajstić information content (AvgIpc) is 3.32. The lowest BCUT2D eigenvalue weighted by molar-refractivity contribution is 0.0941. The van der Waals surface area contributed by atoms with Gasteiger partial charge in [-0.2, -0.15) is 0 Å². The first kappa shape index (κ1) is 18.8. The van der Waals surface area contributed by atoms with Crippen LogP contribution in [-0.2, 0) is 0 Å². The van der Waals surface area contributed by atoms with E-state index in [-0.39, 0.29) is 17.5 Å². The van der Waals surface area contributed by atoms with Gasteiger partial charge in [0.05, 0.1) is 22.6 Å². The second-order valence-corrected chi connectivity index (χ2v) is 8.35. The van der Waals surface area contributed by atoms with Crippen molar-refractivity contribution in [3.05, 3.63) is 62.5 Å². The Bertz CT molecular complexity index is 1050. The van der Waals surface area contributed by atoms with Crippen LogP contribution in [0.1, 0.15) is 45.2 Å². The number of thiophene rings is 1. The number of benzene rings is 1. The molecule has 1 atom stereocenters. The number of carbonyl (C=O) groups excluding carboxylic acids is 1. The Balaban J connectivity index is 1.56. The van der Waals surface area contributed by atoms with Crippen LogP contribution < -0.4 is 10.9 Å². The highest BCUT2D eigenvalue weighted by molar-refractivity contribution is 7.20. The zero-order valence-electron chi connectivity index (χ0n) is 16.1. The summed E-state index contributed by atoms with van der Waals surface area (Å²) in [5.41, 5.74) is 2.94. The van der Waals surface area contributed by atoms with E-state index in [1.165, 1.54) is 41.6 Å². The highest BCUT2D eigenvalue weighted by Crippen LogP contribution is 2.28. The number of likely N-dealkylation sites (tertiary alicyclic amines) is 1. The second kappa shape index (κ2) is 7.85. The molecule has 0 saturated carbocycles. The molecule has 1 fully saturated rings. The molecular formula is C21H24N4O2S. The first-order valence-electron chi connectivity index (χ1n) is 9.60. The Morgan fingerprint density at radius 2 is 1.96 bits per heavy atom. The third-order valence-corrected chi connectivity index (χ3v) is 6.64. The Kier molecular flexibility index (Phi) is 5.28. The second-order valence-electron chi connectivity index (χ2n) is 7.35. The minimum Gasteiger partial charge on any atom is -0.349 e. The summed E-state index contributed by atoms with van der Waals surface area (Å²) in [6, 6.07) is 8.70. The molecule has 7 heteroatoms. The van der Waals surface area contributed by atoms with Gasteiger partial charge in [0.1, 0.15) is 4.83 Å². The maximum atomic E-state index is 12.9. The number of hydrogen-bond acceptors (Lipinski definition) is 5. The monoisotopic (exact) mass is 396 g/mol. The van der Waals surface area contributed by atoms with E-state index in [0.29, 0.717) is 27.2 Å². The van der Waals surface area contributed by atoms with Crippen LogP contribution in [0.25, 0.3) is 10.2 Å². The SMILES string of the molecule is Cc1ccc([C@@H](CNC(=O)c2sc3nc[nH]c(=O)c3c2C)N2CCCC2)cc1. The van der Waals surface area contributed by atoms with E-state index >= 15 is 0 Å². The van der Waals surface area contributed by atoms with E-state index in [4.69, 9.17) is 0 Å². The summed E-state index contributed by atoms with van der Waals surface area (Å²) >= 11 is 1.27. The first-order valence-corrected chi connectivity index (χ1v) is 10.4. The molecule has 1 aliphatic rings. The van der Waals surface area contributed by atoms with Crippen molar-refractivity contribution in [2.24, 2.45) is 0 Å². The number of aromatic nitrogens is 2. The van der Waals surface area contributed by atoms with Crippen LogP contribution >= 0.6 is 11.3 Å². The molecule has 0 bridgehead atoms. The van der Waals surface area contributed by atoms with Crippen molar-refractivity contribution >= 4 is 27.5 Å². The molecule has 146 valence electrons. The Labute approximate surface area is 167 Å². The van der Waals surface area contributed by atoms with Crippen molar-refractivity contribution < 1.29 is 4.79 Å². The third-order valence-electron chi connectivity index (χ3n) is 5.44. The normalized spacial score (nSPS) is 15.8. The van der Waals surface area contributed by atoms with Crippen molar-refractivity contribution in [1.82, 2.24) is 20.2 Å². The number of aromatic amines is 1. The van der Waals surface area contributed by atoms with E-state index in [1.54, 1.807) is 0 Å². The number of H-pyrrole nitrogens is 1. The maximum absolute atomic E-state index is 12.9. The standard InChI is InChI=1S/C21H24N4O2S/c1-13-5-7-15(8-6-13)16(25-9-3-4-10-25)11-22-20(27)18-14(2)17-19(26)23-12-24-21(17)28-18/h5-8,12,16H,3-4,9-11H2,1-2H3,(H,22,27)(H,23,24,26)/t16-/m1/s1. The molecule has 3 aromatic rings. The first-order chi connectivity index (χ1) is 13.5. The van der Waals surface area contributed by atoms with Crippen molar-refractivity contribution in [1.29, 1.82) is 0 Å². The van der Waals surface area contributed by atoms with Crippen molar-refractivity contribution in [2.45, 2.75) is 32.7 Å². The lowest BCUT2D eigenvalue weighted by Crippen LogP contribution is -2.36. The van der Waals surface area contributed by atoms with Gasteiger partial charge in [0, 0.05) is 6.54 Å². The number of rotatable bonds is 5. The van der Waals surface area contributed by atoms with Crippen molar-refractivity contribution in [3.8, 4) is 0 Å². The summed E-state index contributed by atoms with van der Waals surface area (Å²) < 4.78 is 0. The van der Waals surface area contributed by atoms with Gasteiger partial charge in [-0.3, -0.25) is 14.5 Å². The molecule has 0 spiro atoms. The molecular weight excluding hydrogens is 372 g/mol. The molecule has 2 aromatic heterocycles. The van der Waals surface area contributed by atoms with Crippen LogP contribution in [0.3, 0.4) is 0 Å². The quantitative estimate of drug-likeness (QED) is 0.694. The van der Waals surface area contributed by atoms with E-state index in [0.717, 1.165) is 13.1 Å². The number of hydrogen-bond donors (Lipinski definition) is 2. The van der Waals surface area contributed by atoms with Crippen LogP contribution in [-0.4, -0.2) is 40.4 Å². The minimum atomic E-state index is -0.201. The Morgan fingerprint density at radius 1 is 1.25 bits per heavy atom. The summed E-state index contributed by atoms with van der Waals surface area (Å²) in [7, 11) is 0. The van der Waals surface area contributed by atoms with Gasteiger partial charge >= 0.3 is 0 Å². The number of carbonyl (C=O) groups is 1. The molecule has 1 amide bonds. The molecule has 1 aliphatic heterocycles. The molecule has 6 nitrogen and oxygen atoms in total. The van der Waals surface area contributed by atoms with Gasteiger partial charge in [-0.15, -0.1) is 11.3 Å². The zero-order chi connectivity index (χ0) is 19.7. The number of fused-ring (bicyclic) bond motifs is 1. The smallest absolute Gasteiger partial charge is 0.261 e. The molecule has 0 unspecified atom stereocenters. The lowest BCUT2D eigenvalue weighted by Gasteiger charge is -2.28. The number of nitrogens with zero attached hydrogens (tertiary/aromatic N) is 2. The topological polar surface area (TPSA) is 78.1 Å². The summed E-state index contributed by atoms with van der Waals surface area (Å²) in [5, 5.41) is 3.61. The highest BCUT2D eigenvalue weighted by Gasteiger charge is 2.25. The van der Waals surface area contributed by atoms with E-state index in [1.807, 2.05) is 6.92 Å². The minimum absolute atomic E-state index is 0.142. The van der Waals surface area contributed by atoms with E-state index in [9.17, 15) is 9.59 Å². The van der Waals surface area contributed by atoms with Crippen molar-refractivity contribution in [3.63, 3.8) is 0 Å². The fraction of sp³-hybridized carbons (Fsp3) is 0.381. The molecule has 4 rings (SSSR count). The zero-order valence-corrected chi connectivity index (χ0v) is 16.9. The molecule has 0 aliphatic carbocycles. The van der Waals surface area contributed by atoms with Crippen LogP contribution in [0.15, 0.2) is 35.4 Å². The summed E-state index contributed by atoms with van der Waals surface area (Å²) in [6.07, 6.45) is 3.77. The van der Waals surface area contributed by atoms with E-state index in [2.05, 4.69) is 51.4 Å². The molecule has 0 radical (unpaired) electrons. The van der Waals surface area contributed by atoms with Gasteiger partial charge in [-0.1, -0.05) is 29.8 Å². The van der Waals surface area contributed by atoms with E-state index < -0.39 is 0 Å². The fourth-order valence-corrected chi connectivity index (χ4v) is 4.93. The number of nitrogens with one attached hydrogen (secondary N) is 2. The van der Waals surface area contributed by atoms with Crippen LogP contribution in [0, 0.1) is 13.8 Å². The van der Waals surface area contributed by atoms with Crippen LogP contribution in [0.2, 0.25) is 0 Å². The Hall–Kier alpha value is -2.51.